The molecule has 0 unspecified atom stereocenters. The van der Waals surface area contributed by atoms with Gasteiger partial charge in [0.15, 0.2) is 0 Å². The Hall–Kier alpha value is -7.29. The summed E-state index contributed by atoms with van der Waals surface area (Å²) in [6.07, 6.45) is 0. The summed E-state index contributed by atoms with van der Waals surface area (Å²) in [6, 6.07) is 70.1. The highest BCUT2D eigenvalue weighted by Gasteiger charge is 2.42. The molecule has 13 rings (SSSR count). The minimum Gasteiger partial charge on any atom is -0.310 e. The van der Waals surface area contributed by atoms with E-state index >= 15 is 0 Å². The van der Waals surface area contributed by atoms with E-state index in [2.05, 4.69) is 247 Å². The zero-order valence-electron chi connectivity index (χ0n) is 41.7. The van der Waals surface area contributed by atoms with Gasteiger partial charge in [-0.25, -0.2) is 0 Å². The lowest BCUT2D eigenvalue weighted by molar-refractivity contribution is 0.845. The Balaban J connectivity index is 1.23. The Morgan fingerprint density at radius 3 is 1.30 bits per heavy atom. The molecule has 0 fully saturated rings. The maximum absolute atomic E-state index is 2.68. The fourth-order valence-corrected chi connectivity index (χ4v) is 13.1. The second kappa shape index (κ2) is 16.1. The van der Waals surface area contributed by atoms with Crippen LogP contribution < -0.4 is 32.8 Å². The largest absolute Gasteiger partial charge is 0.310 e. The van der Waals surface area contributed by atoms with E-state index < -0.39 is 0 Å². The van der Waals surface area contributed by atoms with Crippen LogP contribution in [0.3, 0.4) is 0 Å². The molecule has 0 radical (unpaired) electrons. The molecule has 2 aliphatic rings. The summed E-state index contributed by atoms with van der Waals surface area (Å²) < 4.78 is 5.33. The molecule has 0 amide bonds. The standard InChI is InChI=1S/C66H58B2N2/c1-39(2)47-25-17-26-48(40(3)4)63(47)67-55-30-19-29-52-53-34-45(43-20-11-9-12-21-43)32-33-60(53)70(65(52)55)61-38-57-62(37-56(61)67)69-59-31-16-15-24-51(59)54-35-46(44-22-13-10-14-23-44)36-58(66(54)69)68(57)64-49(41(5)6)27-18-28-50(64)42(7)8/h9-42H,1-8H3. The highest BCUT2D eigenvalue weighted by Crippen LogP contribution is 2.40. The molecular formula is C66H58B2N2. The van der Waals surface area contributed by atoms with Crippen molar-refractivity contribution in [2.24, 2.45) is 0 Å². The van der Waals surface area contributed by atoms with Crippen molar-refractivity contribution in [3.8, 4) is 33.6 Å². The van der Waals surface area contributed by atoms with Gasteiger partial charge >= 0.3 is 0 Å². The molecule has 338 valence electrons. The average molecular weight is 901 g/mol. The Morgan fingerprint density at radius 2 is 0.743 bits per heavy atom. The van der Waals surface area contributed by atoms with Gasteiger partial charge in [0.25, 0.3) is 0 Å². The van der Waals surface area contributed by atoms with Crippen molar-refractivity contribution >= 4 is 89.8 Å². The lowest BCUT2D eigenvalue weighted by atomic mass is 9.31. The maximum Gasteiger partial charge on any atom is 0.247 e. The number of fused-ring (bicyclic) bond motifs is 10. The number of benzene rings is 9. The fourth-order valence-electron chi connectivity index (χ4n) is 13.1. The van der Waals surface area contributed by atoms with Crippen molar-refractivity contribution in [3.63, 3.8) is 0 Å². The van der Waals surface area contributed by atoms with Crippen LogP contribution in [0.25, 0.3) is 77.2 Å². The van der Waals surface area contributed by atoms with Crippen LogP contribution in [-0.2, 0) is 0 Å². The molecule has 4 heteroatoms. The molecule has 2 nitrogen and oxygen atoms in total. The molecule has 0 atom stereocenters. The Bertz CT molecular complexity index is 3850. The summed E-state index contributed by atoms with van der Waals surface area (Å²) in [4.78, 5) is 0. The number of hydrogen-bond donors (Lipinski definition) is 0. The molecule has 0 bridgehead atoms. The van der Waals surface area contributed by atoms with Crippen LogP contribution in [0.4, 0.5) is 0 Å². The van der Waals surface area contributed by atoms with E-state index in [4.69, 9.17) is 0 Å². The Kier molecular flexibility index (Phi) is 9.86. The molecule has 0 aliphatic carbocycles. The van der Waals surface area contributed by atoms with Crippen LogP contribution in [0.5, 0.6) is 0 Å². The van der Waals surface area contributed by atoms with Gasteiger partial charge in [0.2, 0.25) is 13.4 Å². The Morgan fingerprint density at radius 1 is 0.300 bits per heavy atom. The maximum atomic E-state index is 2.68. The summed E-state index contributed by atoms with van der Waals surface area (Å²) in [5, 5.41) is 5.22. The third-order valence-electron chi connectivity index (χ3n) is 16.1. The van der Waals surface area contributed by atoms with E-state index in [9.17, 15) is 0 Å². The molecule has 70 heavy (non-hydrogen) atoms. The smallest absolute Gasteiger partial charge is 0.247 e. The second-order valence-corrected chi connectivity index (χ2v) is 21.5. The van der Waals surface area contributed by atoms with E-state index in [1.165, 1.54) is 132 Å². The third-order valence-corrected chi connectivity index (χ3v) is 16.1. The molecule has 9 aromatic carbocycles. The summed E-state index contributed by atoms with van der Waals surface area (Å²) in [7, 11) is 0. The normalized spacial score (nSPS) is 13.0. The third kappa shape index (κ3) is 6.21. The monoisotopic (exact) mass is 900 g/mol. The zero-order valence-corrected chi connectivity index (χ0v) is 41.7. The van der Waals surface area contributed by atoms with E-state index in [1.807, 2.05) is 0 Å². The predicted octanol–water partition coefficient (Wildman–Crippen LogP) is 13.4. The molecule has 0 saturated heterocycles. The molecule has 0 spiro atoms. The van der Waals surface area contributed by atoms with Crippen molar-refractivity contribution in [2.75, 3.05) is 0 Å². The summed E-state index contributed by atoms with van der Waals surface area (Å²) >= 11 is 0. The minimum absolute atomic E-state index is 0.0113. The van der Waals surface area contributed by atoms with E-state index in [1.54, 1.807) is 0 Å². The Labute approximate surface area is 413 Å². The van der Waals surface area contributed by atoms with Gasteiger partial charge in [-0.05, 0) is 126 Å². The molecule has 2 aromatic heterocycles. The van der Waals surface area contributed by atoms with Crippen molar-refractivity contribution in [1.82, 2.24) is 9.13 Å². The van der Waals surface area contributed by atoms with Crippen molar-refractivity contribution in [2.45, 2.75) is 79.1 Å². The second-order valence-electron chi connectivity index (χ2n) is 21.5. The number of aromatic nitrogens is 2. The summed E-state index contributed by atoms with van der Waals surface area (Å²) in [5.41, 5.74) is 26.9. The van der Waals surface area contributed by atoms with E-state index in [0.717, 1.165) is 0 Å². The van der Waals surface area contributed by atoms with Gasteiger partial charge in [-0.2, -0.15) is 0 Å². The van der Waals surface area contributed by atoms with Crippen LogP contribution in [0.2, 0.25) is 0 Å². The minimum atomic E-state index is -0.0222. The molecule has 0 saturated carbocycles. The van der Waals surface area contributed by atoms with Crippen LogP contribution in [0, 0.1) is 0 Å². The number of hydrogen-bond acceptors (Lipinski definition) is 0. The van der Waals surface area contributed by atoms with Crippen molar-refractivity contribution in [1.29, 1.82) is 0 Å². The van der Waals surface area contributed by atoms with Gasteiger partial charge in [0.1, 0.15) is 0 Å². The molecule has 0 N–H and O–H groups in total. The average Bonchev–Trinajstić information content (AvgIpc) is 3.90. The first-order chi connectivity index (χ1) is 34.1. The predicted molar refractivity (Wildman–Crippen MR) is 305 cm³/mol. The number of rotatable bonds is 8. The first-order valence-electron chi connectivity index (χ1n) is 25.8. The van der Waals surface area contributed by atoms with Crippen LogP contribution in [0.15, 0.2) is 182 Å². The van der Waals surface area contributed by atoms with E-state index in [-0.39, 0.29) is 13.4 Å². The highest BCUT2D eigenvalue weighted by molar-refractivity contribution is 7.00. The van der Waals surface area contributed by atoms with Gasteiger partial charge in [-0.1, -0.05) is 212 Å². The lowest BCUT2D eigenvalue weighted by Crippen LogP contribution is -2.61. The molecule has 11 aromatic rings. The summed E-state index contributed by atoms with van der Waals surface area (Å²) in [5.74, 6) is 1.36. The number of nitrogens with zero attached hydrogens (tertiary/aromatic N) is 2. The number of para-hydroxylation sites is 2. The van der Waals surface area contributed by atoms with Crippen LogP contribution >= 0.6 is 0 Å². The van der Waals surface area contributed by atoms with Gasteiger partial charge in [-0.15, -0.1) is 0 Å². The van der Waals surface area contributed by atoms with Crippen molar-refractivity contribution in [3.05, 3.63) is 204 Å². The summed E-state index contributed by atoms with van der Waals surface area (Å²) in [6.45, 7) is 19.1. The van der Waals surface area contributed by atoms with Gasteiger partial charge < -0.3 is 9.13 Å². The molecule has 4 heterocycles. The van der Waals surface area contributed by atoms with Gasteiger partial charge in [-0.3, -0.25) is 0 Å². The highest BCUT2D eigenvalue weighted by atomic mass is 15.0. The first-order valence-corrected chi connectivity index (χ1v) is 25.8. The van der Waals surface area contributed by atoms with E-state index in [0.29, 0.717) is 23.7 Å². The molecule has 2 aliphatic heterocycles. The van der Waals surface area contributed by atoms with Crippen molar-refractivity contribution < 1.29 is 0 Å². The SMILES string of the molecule is CC(C)c1cccc(C(C)C)c1B1c2cc3c(cc2-n2c4ccc(-c5ccccc5)cc4c4cccc1c42)B(c1c(C(C)C)cccc1C(C)C)c1cc(-c2ccccc2)cc2c4ccccc4n-3c12. The molecular weight excluding hydrogens is 842 g/mol. The van der Waals surface area contributed by atoms with Crippen LogP contribution in [0.1, 0.15) is 101 Å². The van der Waals surface area contributed by atoms with Gasteiger partial charge in [0.05, 0.1) is 11.0 Å². The first kappa shape index (κ1) is 42.8. The van der Waals surface area contributed by atoms with Crippen LogP contribution in [-0.4, -0.2) is 22.6 Å². The lowest BCUT2D eigenvalue weighted by Gasteiger charge is -2.36. The zero-order chi connectivity index (χ0) is 47.7. The quantitative estimate of drug-likeness (QED) is 0.135. The van der Waals surface area contributed by atoms with Gasteiger partial charge in [0, 0.05) is 44.0 Å². The fraction of sp³-hybridized carbons (Fsp3) is 0.182. The topological polar surface area (TPSA) is 9.86 Å².